The molecule has 0 saturated heterocycles. The molecule has 0 radical (unpaired) electrons. The minimum absolute atomic E-state index is 0.0928. The molecule has 22 heavy (non-hydrogen) atoms. The van der Waals surface area contributed by atoms with Gasteiger partial charge in [-0.25, -0.2) is 9.18 Å². The maximum Gasteiger partial charge on any atom is 0.471 e. The minimum Gasteiger partial charge on any atom is -0.465 e. The first-order valence-electron chi connectivity index (χ1n) is 6.49. The van der Waals surface area contributed by atoms with Crippen LogP contribution in [0.4, 0.5) is 17.6 Å². The average Bonchev–Trinajstić information content (AvgIpc) is 2.66. The Morgan fingerprint density at radius 3 is 2.18 bits per heavy atom. The van der Waals surface area contributed by atoms with Crippen molar-refractivity contribution in [3.05, 3.63) is 34.6 Å². The minimum atomic E-state index is -4.93. The molecule has 0 aliphatic carbocycles. The van der Waals surface area contributed by atoms with Gasteiger partial charge in [0.1, 0.15) is 5.82 Å². The van der Waals surface area contributed by atoms with Crippen LogP contribution in [0.1, 0.15) is 21.5 Å². The number of ether oxygens (including phenoxy) is 1. The van der Waals surface area contributed by atoms with Crippen LogP contribution in [-0.4, -0.2) is 43.2 Å². The fourth-order valence-corrected chi connectivity index (χ4v) is 2.40. The highest BCUT2D eigenvalue weighted by atomic mass is 19.4. The highest BCUT2D eigenvalue weighted by Crippen LogP contribution is 2.24. The van der Waals surface area contributed by atoms with Gasteiger partial charge in [0, 0.05) is 13.1 Å². The summed E-state index contributed by atoms with van der Waals surface area (Å²) in [7, 11) is 1.11. The number of carbonyl (C=O) groups is 2. The molecule has 0 bridgehead atoms. The number of rotatable bonds is 1. The van der Waals surface area contributed by atoms with E-state index in [9.17, 15) is 27.2 Å². The SMILES string of the molecule is COC(=O)c1cc2c(cc1F)CCN(C(=O)C(F)(F)F)CC2. The van der Waals surface area contributed by atoms with Gasteiger partial charge in [-0.2, -0.15) is 13.2 Å². The lowest BCUT2D eigenvalue weighted by Crippen LogP contribution is -2.42. The number of fused-ring (bicyclic) bond motifs is 1. The number of benzene rings is 1. The fourth-order valence-electron chi connectivity index (χ4n) is 2.40. The molecule has 0 fully saturated rings. The molecule has 0 atom stereocenters. The van der Waals surface area contributed by atoms with Crippen molar-refractivity contribution < 1.29 is 31.9 Å². The molecule has 8 heteroatoms. The van der Waals surface area contributed by atoms with Crippen molar-refractivity contribution >= 4 is 11.9 Å². The molecular weight excluding hydrogens is 306 g/mol. The molecule has 0 N–H and O–H groups in total. The summed E-state index contributed by atoms with van der Waals surface area (Å²) in [5.41, 5.74) is 0.763. The maximum absolute atomic E-state index is 13.8. The monoisotopic (exact) mass is 319 g/mol. The number of alkyl halides is 3. The van der Waals surface area contributed by atoms with Crippen LogP contribution in [0.2, 0.25) is 0 Å². The second-order valence-corrected chi connectivity index (χ2v) is 4.88. The molecule has 120 valence electrons. The van der Waals surface area contributed by atoms with E-state index in [2.05, 4.69) is 4.74 Å². The lowest BCUT2D eigenvalue weighted by Gasteiger charge is -2.21. The average molecular weight is 319 g/mol. The summed E-state index contributed by atoms with van der Waals surface area (Å²) in [4.78, 5) is 23.4. The zero-order chi connectivity index (χ0) is 16.5. The van der Waals surface area contributed by atoms with Crippen LogP contribution in [0.25, 0.3) is 0 Å². The number of hydrogen-bond donors (Lipinski definition) is 0. The number of carbonyl (C=O) groups excluding carboxylic acids is 2. The third kappa shape index (κ3) is 3.20. The Morgan fingerprint density at radius 1 is 1.14 bits per heavy atom. The molecule has 0 aromatic heterocycles. The Kier molecular flexibility index (Phi) is 4.39. The number of esters is 1. The van der Waals surface area contributed by atoms with E-state index in [1.165, 1.54) is 6.07 Å². The lowest BCUT2D eigenvalue weighted by atomic mass is 9.99. The zero-order valence-corrected chi connectivity index (χ0v) is 11.7. The van der Waals surface area contributed by atoms with Crippen LogP contribution in [0.15, 0.2) is 12.1 Å². The van der Waals surface area contributed by atoms with E-state index in [1.54, 1.807) is 0 Å². The highest BCUT2D eigenvalue weighted by molar-refractivity contribution is 5.90. The summed E-state index contributed by atoms with van der Waals surface area (Å²) in [6, 6.07) is 2.39. The van der Waals surface area contributed by atoms with Crippen molar-refractivity contribution in [3.8, 4) is 0 Å². The summed E-state index contributed by atoms with van der Waals surface area (Å²) in [5, 5.41) is 0. The third-order valence-electron chi connectivity index (χ3n) is 3.53. The summed E-state index contributed by atoms with van der Waals surface area (Å²) < 4.78 is 55.7. The number of methoxy groups -OCH3 is 1. The van der Waals surface area contributed by atoms with Gasteiger partial charge in [-0.15, -0.1) is 0 Å². The van der Waals surface area contributed by atoms with Gasteiger partial charge in [-0.05, 0) is 36.1 Å². The lowest BCUT2D eigenvalue weighted by molar-refractivity contribution is -0.185. The second-order valence-electron chi connectivity index (χ2n) is 4.88. The zero-order valence-electron chi connectivity index (χ0n) is 11.7. The normalized spacial score (nSPS) is 15.0. The molecule has 1 aromatic carbocycles. The van der Waals surface area contributed by atoms with Crippen LogP contribution < -0.4 is 0 Å². The van der Waals surface area contributed by atoms with Gasteiger partial charge in [0.25, 0.3) is 0 Å². The smallest absolute Gasteiger partial charge is 0.465 e. The second kappa shape index (κ2) is 5.94. The van der Waals surface area contributed by atoms with Crippen LogP contribution in [0.3, 0.4) is 0 Å². The van der Waals surface area contributed by atoms with Crippen molar-refractivity contribution in [2.24, 2.45) is 0 Å². The van der Waals surface area contributed by atoms with E-state index >= 15 is 0 Å². The predicted molar refractivity (Wildman–Crippen MR) is 67.8 cm³/mol. The Morgan fingerprint density at radius 2 is 1.68 bits per heavy atom. The number of halogens is 4. The van der Waals surface area contributed by atoms with Gasteiger partial charge in [0.2, 0.25) is 0 Å². The molecule has 1 heterocycles. The first-order valence-corrected chi connectivity index (χ1v) is 6.49. The van der Waals surface area contributed by atoms with E-state index < -0.39 is 23.9 Å². The number of amides is 1. The first kappa shape index (κ1) is 16.3. The van der Waals surface area contributed by atoms with Gasteiger partial charge in [-0.1, -0.05) is 0 Å². The van der Waals surface area contributed by atoms with E-state index in [1.807, 2.05) is 0 Å². The Bertz CT molecular complexity index is 613. The fraction of sp³-hybridized carbons (Fsp3) is 0.429. The summed E-state index contributed by atoms with van der Waals surface area (Å²) in [6.07, 6.45) is -4.73. The molecule has 0 spiro atoms. The summed E-state index contributed by atoms with van der Waals surface area (Å²) in [6.45, 7) is -0.292. The van der Waals surface area contributed by atoms with Crippen molar-refractivity contribution in [1.82, 2.24) is 4.90 Å². The van der Waals surface area contributed by atoms with Crippen LogP contribution in [0, 0.1) is 5.82 Å². The van der Waals surface area contributed by atoms with Crippen LogP contribution in [0.5, 0.6) is 0 Å². The van der Waals surface area contributed by atoms with Crippen molar-refractivity contribution in [1.29, 1.82) is 0 Å². The van der Waals surface area contributed by atoms with E-state index in [4.69, 9.17) is 0 Å². The molecule has 1 aliphatic heterocycles. The van der Waals surface area contributed by atoms with Gasteiger partial charge in [-0.3, -0.25) is 4.79 Å². The molecule has 1 aromatic rings. The number of hydrogen-bond acceptors (Lipinski definition) is 3. The molecule has 0 saturated carbocycles. The molecule has 4 nitrogen and oxygen atoms in total. The summed E-state index contributed by atoms with van der Waals surface area (Å²) in [5.74, 6) is -3.55. The first-order chi connectivity index (χ1) is 10.2. The Balaban J connectivity index is 2.26. The largest absolute Gasteiger partial charge is 0.471 e. The summed E-state index contributed by atoms with van der Waals surface area (Å²) >= 11 is 0. The van der Waals surface area contributed by atoms with Crippen LogP contribution in [-0.2, 0) is 22.4 Å². The van der Waals surface area contributed by atoms with Crippen LogP contribution >= 0.6 is 0 Å². The standard InChI is InChI=1S/C14H13F4NO3/c1-22-12(20)10-6-8-2-4-19(13(21)14(16,17)18)5-3-9(8)7-11(10)15/h6-7H,2-5H2,1H3. The van der Waals surface area contributed by atoms with Crippen molar-refractivity contribution in [2.45, 2.75) is 19.0 Å². The Labute approximate surface area is 123 Å². The van der Waals surface area contributed by atoms with Gasteiger partial charge >= 0.3 is 18.1 Å². The predicted octanol–water partition coefficient (Wildman–Crippen LogP) is 2.10. The van der Waals surface area contributed by atoms with Crippen molar-refractivity contribution in [2.75, 3.05) is 20.2 Å². The highest BCUT2D eigenvalue weighted by Gasteiger charge is 2.42. The van der Waals surface area contributed by atoms with Gasteiger partial charge in [0.05, 0.1) is 12.7 Å². The molecular formula is C14H13F4NO3. The van der Waals surface area contributed by atoms with Crippen molar-refractivity contribution in [3.63, 3.8) is 0 Å². The van der Waals surface area contributed by atoms with E-state index in [0.717, 1.165) is 13.2 Å². The molecule has 0 unspecified atom stereocenters. The van der Waals surface area contributed by atoms with E-state index in [0.29, 0.717) is 16.0 Å². The number of nitrogens with zero attached hydrogens (tertiary/aromatic N) is 1. The Hall–Kier alpha value is -2.12. The molecule has 2 rings (SSSR count). The maximum atomic E-state index is 13.8. The molecule has 1 aliphatic rings. The quantitative estimate of drug-likeness (QED) is 0.588. The topological polar surface area (TPSA) is 46.6 Å². The third-order valence-corrected chi connectivity index (χ3v) is 3.53. The molecule has 1 amide bonds. The van der Waals surface area contributed by atoms with E-state index in [-0.39, 0.29) is 31.5 Å². The van der Waals surface area contributed by atoms with Gasteiger partial charge in [0.15, 0.2) is 0 Å². The van der Waals surface area contributed by atoms with Gasteiger partial charge < -0.3 is 9.64 Å².